The summed E-state index contributed by atoms with van der Waals surface area (Å²) in [5, 5.41) is 3.73. The van der Waals surface area contributed by atoms with Crippen LogP contribution in [0.3, 0.4) is 0 Å². The van der Waals surface area contributed by atoms with E-state index in [4.69, 9.17) is 10.3 Å². The molecule has 0 aliphatic rings. The summed E-state index contributed by atoms with van der Waals surface area (Å²) in [6, 6.07) is 2.98. The van der Waals surface area contributed by atoms with Crippen molar-refractivity contribution in [3.05, 3.63) is 47.1 Å². The van der Waals surface area contributed by atoms with Gasteiger partial charge in [0.25, 0.3) is 0 Å². The van der Waals surface area contributed by atoms with E-state index in [0.717, 1.165) is 6.07 Å². The Labute approximate surface area is 103 Å². The molecule has 18 heavy (non-hydrogen) atoms. The molecule has 1 aromatic heterocycles. The molecule has 0 radical (unpaired) electrons. The van der Waals surface area contributed by atoms with E-state index < -0.39 is 11.6 Å². The van der Waals surface area contributed by atoms with Crippen LogP contribution in [0, 0.1) is 11.6 Å². The van der Waals surface area contributed by atoms with Crippen molar-refractivity contribution in [2.75, 3.05) is 0 Å². The monoisotopic (exact) mass is 253 g/mol. The molecule has 96 valence electrons. The lowest BCUT2D eigenvalue weighted by Crippen LogP contribution is -2.09. The fraction of sp³-hybridized carbons (Fsp3) is 0.333. The topological polar surface area (TPSA) is 64.9 Å². The predicted octanol–water partition coefficient (Wildman–Crippen LogP) is 2.35. The smallest absolute Gasteiger partial charge is 0.243 e. The average molecular weight is 253 g/mol. The molecule has 0 spiro atoms. The average Bonchev–Trinajstić information content (AvgIpc) is 2.75. The molecule has 0 saturated heterocycles. The molecule has 2 aromatic rings. The minimum absolute atomic E-state index is 0.203. The molecule has 0 fully saturated rings. The minimum Gasteiger partial charge on any atom is -0.338 e. The van der Waals surface area contributed by atoms with Gasteiger partial charge in [-0.1, -0.05) is 12.1 Å². The van der Waals surface area contributed by atoms with Gasteiger partial charge in [0.1, 0.15) is 11.6 Å². The highest BCUT2D eigenvalue weighted by Gasteiger charge is 2.13. The van der Waals surface area contributed by atoms with Crippen LogP contribution < -0.4 is 5.73 Å². The molecule has 4 nitrogen and oxygen atoms in total. The van der Waals surface area contributed by atoms with Crippen LogP contribution in [-0.2, 0) is 6.42 Å². The zero-order valence-electron chi connectivity index (χ0n) is 9.86. The fourth-order valence-electron chi connectivity index (χ4n) is 1.56. The molecule has 0 unspecified atom stereocenters. The maximum absolute atomic E-state index is 13.0. The molecule has 0 aliphatic heterocycles. The van der Waals surface area contributed by atoms with Gasteiger partial charge in [0.05, 0.1) is 6.04 Å². The van der Waals surface area contributed by atoms with Crippen molar-refractivity contribution in [1.29, 1.82) is 0 Å². The van der Waals surface area contributed by atoms with Crippen molar-refractivity contribution in [2.24, 2.45) is 5.73 Å². The largest absolute Gasteiger partial charge is 0.338 e. The zero-order chi connectivity index (χ0) is 13.1. The number of benzene rings is 1. The van der Waals surface area contributed by atoms with Crippen LogP contribution >= 0.6 is 0 Å². The van der Waals surface area contributed by atoms with Gasteiger partial charge in [-0.3, -0.25) is 0 Å². The lowest BCUT2D eigenvalue weighted by molar-refractivity contribution is 0.348. The maximum Gasteiger partial charge on any atom is 0.243 e. The number of rotatable bonds is 4. The first kappa shape index (κ1) is 12.6. The summed E-state index contributed by atoms with van der Waals surface area (Å²) in [5.74, 6) is -0.554. The van der Waals surface area contributed by atoms with Crippen LogP contribution in [0.25, 0.3) is 0 Å². The number of nitrogens with zero attached hydrogens (tertiary/aromatic N) is 2. The summed E-state index contributed by atoms with van der Waals surface area (Å²) in [5.41, 5.74) is 6.18. The SMILES string of the molecule is CC[C@H](N)c1nc(Cc2cc(F)cc(F)c2)no1. The summed E-state index contributed by atoms with van der Waals surface area (Å²) < 4.78 is 31.0. The van der Waals surface area contributed by atoms with Crippen molar-refractivity contribution >= 4 is 0 Å². The number of hydrogen-bond donors (Lipinski definition) is 1. The Morgan fingerprint density at radius 2 is 1.94 bits per heavy atom. The van der Waals surface area contributed by atoms with Gasteiger partial charge in [-0.25, -0.2) is 8.78 Å². The Morgan fingerprint density at radius 1 is 1.28 bits per heavy atom. The highest BCUT2D eigenvalue weighted by molar-refractivity contribution is 5.21. The van der Waals surface area contributed by atoms with Crippen LogP contribution in [0.5, 0.6) is 0 Å². The highest BCUT2D eigenvalue weighted by Crippen LogP contribution is 2.14. The summed E-state index contributed by atoms with van der Waals surface area (Å²) in [6.45, 7) is 1.90. The molecule has 1 aromatic carbocycles. The fourth-order valence-corrected chi connectivity index (χ4v) is 1.56. The Hall–Kier alpha value is -1.82. The van der Waals surface area contributed by atoms with E-state index in [1.807, 2.05) is 6.92 Å². The zero-order valence-corrected chi connectivity index (χ0v) is 9.86. The molecule has 2 rings (SSSR count). The third-order valence-electron chi connectivity index (χ3n) is 2.53. The van der Waals surface area contributed by atoms with Gasteiger partial charge in [-0.15, -0.1) is 0 Å². The minimum atomic E-state index is -0.626. The van der Waals surface area contributed by atoms with Crippen LogP contribution in [0.4, 0.5) is 8.78 Å². The lowest BCUT2D eigenvalue weighted by Gasteiger charge is -1.99. The van der Waals surface area contributed by atoms with Gasteiger partial charge < -0.3 is 10.3 Å². The summed E-state index contributed by atoms with van der Waals surface area (Å²) in [7, 11) is 0. The van der Waals surface area contributed by atoms with Gasteiger partial charge in [-0.2, -0.15) is 4.98 Å². The molecule has 0 saturated carbocycles. The molecule has 2 N–H and O–H groups in total. The molecular formula is C12H13F2N3O. The molecule has 1 heterocycles. The van der Waals surface area contributed by atoms with Gasteiger partial charge >= 0.3 is 0 Å². The van der Waals surface area contributed by atoms with Crippen molar-refractivity contribution in [2.45, 2.75) is 25.8 Å². The van der Waals surface area contributed by atoms with E-state index in [1.54, 1.807) is 0 Å². The van der Waals surface area contributed by atoms with E-state index >= 15 is 0 Å². The molecule has 1 atom stereocenters. The van der Waals surface area contributed by atoms with Crippen molar-refractivity contribution in [3.63, 3.8) is 0 Å². The van der Waals surface area contributed by atoms with Crippen LogP contribution in [0.2, 0.25) is 0 Å². The first-order valence-electron chi connectivity index (χ1n) is 5.61. The normalized spacial score (nSPS) is 12.7. The highest BCUT2D eigenvalue weighted by atomic mass is 19.1. The van der Waals surface area contributed by atoms with E-state index in [0.29, 0.717) is 23.7 Å². The Balaban J connectivity index is 2.16. The van der Waals surface area contributed by atoms with E-state index in [1.165, 1.54) is 12.1 Å². The van der Waals surface area contributed by atoms with Crippen LogP contribution in [-0.4, -0.2) is 10.1 Å². The van der Waals surface area contributed by atoms with Crippen LogP contribution in [0.1, 0.15) is 36.7 Å². The van der Waals surface area contributed by atoms with E-state index in [2.05, 4.69) is 10.1 Å². The molecule has 0 bridgehead atoms. The quantitative estimate of drug-likeness (QED) is 0.908. The first-order valence-corrected chi connectivity index (χ1v) is 5.61. The van der Waals surface area contributed by atoms with Crippen molar-refractivity contribution < 1.29 is 13.3 Å². The molecule has 0 amide bonds. The second-order valence-corrected chi connectivity index (χ2v) is 4.02. The summed E-state index contributed by atoms with van der Waals surface area (Å²) in [6.07, 6.45) is 0.880. The van der Waals surface area contributed by atoms with E-state index in [-0.39, 0.29) is 12.5 Å². The predicted molar refractivity (Wildman–Crippen MR) is 60.7 cm³/mol. The second kappa shape index (κ2) is 5.22. The van der Waals surface area contributed by atoms with Crippen molar-refractivity contribution in [1.82, 2.24) is 10.1 Å². The number of halogens is 2. The molecule has 0 aliphatic carbocycles. The lowest BCUT2D eigenvalue weighted by atomic mass is 10.1. The summed E-state index contributed by atoms with van der Waals surface area (Å²) >= 11 is 0. The number of aromatic nitrogens is 2. The number of nitrogens with two attached hydrogens (primary N) is 1. The van der Waals surface area contributed by atoms with Gasteiger partial charge in [0.15, 0.2) is 5.82 Å². The third kappa shape index (κ3) is 2.89. The molecular weight excluding hydrogens is 240 g/mol. The molecule has 6 heteroatoms. The maximum atomic E-state index is 13.0. The van der Waals surface area contributed by atoms with Gasteiger partial charge in [0.2, 0.25) is 5.89 Å². The summed E-state index contributed by atoms with van der Waals surface area (Å²) in [4.78, 5) is 4.09. The second-order valence-electron chi connectivity index (χ2n) is 4.02. The van der Waals surface area contributed by atoms with Crippen LogP contribution in [0.15, 0.2) is 22.7 Å². The first-order chi connectivity index (χ1) is 8.58. The Bertz CT molecular complexity index is 522. The van der Waals surface area contributed by atoms with Gasteiger partial charge in [-0.05, 0) is 24.1 Å². The van der Waals surface area contributed by atoms with Gasteiger partial charge in [0, 0.05) is 12.5 Å². The standard InChI is InChI=1S/C12H13F2N3O/c1-2-10(15)12-16-11(17-18-12)5-7-3-8(13)6-9(14)4-7/h3-4,6,10H,2,5,15H2,1H3/t10-/m0/s1. The van der Waals surface area contributed by atoms with E-state index in [9.17, 15) is 8.78 Å². The third-order valence-corrected chi connectivity index (χ3v) is 2.53. The van der Waals surface area contributed by atoms with Crippen molar-refractivity contribution in [3.8, 4) is 0 Å². The number of hydrogen-bond acceptors (Lipinski definition) is 4. The Morgan fingerprint density at radius 3 is 2.56 bits per heavy atom. The Kier molecular flexibility index (Phi) is 3.66.